The summed E-state index contributed by atoms with van der Waals surface area (Å²) in [6, 6.07) is 22.0. The minimum Gasteiger partial charge on any atom is -0.352 e. The first-order valence-electron chi connectivity index (χ1n) is 9.78. The second-order valence-electron chi connectivity index (χ2n) is 6.76. The van der Waals surface area contributed by atoms with E-state index in [1.54, 1.807) is 18.0 Å². The molecule has 0 atom stereocenters. The average Bonchev–Trinajstić information content (AvgIpc) is 3.20. The van der Waals surface area contributed by atoms with Crippen LogP contribution in [0.2, 0.25) is 0 Å². The van der Waals surface area contributed by atoms with Gasteiger partial charge < -0.3 is 5.32 Å². The Kier molecular flexibility index (Phi) is 6.57. The molecule has 0 bridgehead atoms. The Balaban J connectivity index is 1.30. The van der Waals surface area contributed by atoms with E-state index >= 15 is 0 Å². The summed E-state index contributed by atoms with van der Waals surface area (Å²) < 4.78 is 0. The van der Waals surface area contributed by atoms with Crippen LogP contribution in [0.3, 0.4) is 0 Å². The topological polar surface area (TPSA) is 70.7 Å². The second-order valence-corrected chi connectivity index (χ2v) is 7.93. The number of aromatic nitrogens is 3. The summed E-state index contributed by atoms with van der Waals surface area (Å²) in [6.07, 6.45) is 6.17. The fourth-order valence-corrected chi connectivity index (χ4v) is 3.91. The van der Waals surface area contributed by atoms with E-state index < -0.39 is 0 Å². The molecule has 1 amide bonds. The number of amides is 1. The van der Waals surface area contributed by atoms with Crippen LogP contribution in [0.1, 0.15) is 23.4 Å². The van der Waals surface area contributed by atoms with Crippen LogP contribution in [-0.4, -0.2) is 26.8 Å². The second kappa shape index (κ2) is 9.89. The van der Waals surface area contributed by atoms with Gasteiger partial charge in [0.1, 0.15) is 0 Å². The molecule has 0 radical (unpaired) electrons. The highest BCUT2D eigenvalue weighted by Crippen LogP contribution is 2.25. The van der Waals surface area contributed by atoms with E-state index in [1.165, 1.54) is 0 Å². The third-order valence-corrected chi connectivity index (χ3v) is 5.59. The van der Waals surface area contributed by atoms with E-state index in [2.05, 4.69) is 38.7 Å². The number of hydrogen-bond acceptors (Lipinski definition) is 4. The number of carbonyl (C=O) groups excluding carboxylic acids is 1. The van der Waals surface area contributed by atoms with Crippen molar-refractivity contribution < 1.29 is 4.79 Å². The summed E-state index contributed by atoms with van der Waals surface area (Å²) >= 11 is 1.67. The first-order chi connectivity index (χ1) is 14.8. The molecule has 0 spiro atoms. The van der Waals surface area contributed by atoms with E-state index in [4.69, 9.17) is 0 Å². The summed E-state index contributed by atoms with van der Waals surface area (Å²) in [5.74, 6) is 0.795. The zero-order valence-corrected chi connectivity index (χ0v) is 17.2. The van der Waals surface area contributed by atoms with Crippen molar-refractivity contribution in [1.29, 1.82) is 0 Å². The van der Waals surface area contributed by atoms with Crippen LogP contribution in [0.5, 0.6) is 0 Å². The smallest absolute Gasteiger partial charge is 0.221 e. The molecule has 6 heteroatoms. The van der Waals surface area contributed by atoms with Crippen LogP contribution in [0, 0.1) is 0 Å². The zero-order chi connectivity index (χ0) is 20.6. The fourth-order valence-electron chi connectivity index (χ4n) is 3.02. The van der Waals surface area contributed by atoms with Crippen molar-refractivity contribution >= 4 is 40.7 Å². The van der Waals surface area contributed by atoms with Gasteiger partial charge >= 0.3 is 0 Å². The Morgan fingerprint density at radius 3 is 2.73 bits per heavy atom. The van der Waals surface area contributed by atoms with Crippen molar-refractivity contribution in [3.8, 4) is 0 Å². The van der Waals surface area contributed by atoms with Crippen molar-refractivity contribution in [2.24, 2.45) is 0 Å². The molecule has 2 aromatic carbocycles. The molecule has 0 unspecified atom stereocenters. The average molecular weight is 415 g/mol. The predicted octanol–water partition coefficient (Wildman–Crippen LogP) is 4.93. The van der Waals surface area contributed by atoms with Gasteiger partial charge in [0.25, 0.3) is 0 Å². The number of fused-ring (bicyclic) bond motifs is 1. The molecule has 2 N–H and O–H groups in total. The van der Waals surface area contributed by atoms with Gasteiger partial charge in [-0.25, -0.2) is 0 Å². The summed E-state index contributed by atoms with van der Waals surface area (Å²) in [5, 5.41) is 11.5. The van der Waals surface area contributed by atoms with Gasteiger partial charge in [-0.2, -0.15) is 5.10 Å². The van der Waals surface area contributed by atoms with E-state index in [0.29, 0.717) is 13.0 Å². The van der Waals surface area contributed by atoms with Gasteiger partial charge in [0.15, 0.2) is 0 Å². The van der Waals surface area contributed by atoms with E-state index in [-0.39, 0.29) is 5.91 Å². The normalized spacial score (nSPS) is 11.2. The van der Waals surface area contributed by atoms with Crippen LogP contribution < -0.4 is 5.32 Å². The molecular formula is C24H22N4OS. The Morgan fingerprint density at radius 2 is 1.90 bits per heavy atom. The fraction of sp³-hybridized carbons (Fsp3) is 0.125. The highest BCUT2D eigenvalue weighted by molar-refractivity contribution is 7.99. The summed E-state index contributed by atoms with van der Waals surface area (Å²) in [7, 11) is 0. The lowest BCUT2D eigenvalue weighted by Crippen LogP contribution is -2.22. The molecule has 4 rings (SSSR count). The number of hydrogen-bond donors (Lipinski definition) is 2. The molecular weight excluding hydrogens is 392 g/mol. The third-order valence-electron chi connectivity index (χ3n) is 4.59. The Bertz CT molecular complexity index is 1140. The van der Waals surface area contributed by atoms with Gasteiger partial charge in [0.05, 0.1) is 16.9 Å². The largest absolute Gasteiger partial charge is 0.352 e. The first-order valence-corrected chi connectivity index (χ1v) is 10.8. The Morgan fingerprint density at radius 1 is 1.03 bits per heavy atom. The monoisotopic (exact) mass is 414 g/mol. The van der Waals surface area contributed by atoms with Crippen molar-refractivity contribution in [1.82, 2.24) is 20.5 Å². The maximum absolute atomic E-state index is 12.1. The van der Waals surface area contributed by atoms with Gasteiger partial charge in [0.2, 0.25) is 5.91 Å². The van der Waals surface area contributed by atoms with Crippen molar-refractivity contribution in [2.45, 2.75) is 17.9 Å². The number of rotatable bonds is 8. The Labute approximate surface area is 179 Å². The molecule has 2 aromatic heterocycles. The molecule has 150 valence electrons. The predicted molar refractivity (Wildman–Crippen MR) is 123 cm³/mol. The molecule has 0 aliphatic heterocycles. The van der Waals surface area contributed by atoms with Gasteiger partial charge in [-0.15, -0.1) is 11.8 Å². The molecule has 5 nitrogen and oxygen atoms in total. The molecule has 4 aromatic rings. The van der Waals surface area contributed by atoms with Crippen LogP contribution in [-0.2, 0) is 11.3 Å². The van der Waals surface area contributed by atoms with E-state index in [0.717, 1.165) is 38.5 Å². The summed E-state index contributed by atoms with van der Waals surface area (Å²) in [6.45, 7) is 0.569. The minimum atomic E-state index is 0.0657. The van der Waals surface area contributed by atoms with Crippen LogP contribution in [0.25, 0.3) is 23.1 Å². The number of thioether (sulfide) groups is 1. The van der Waals surface area contributed by atoms with E-state index in [1.807, 2.05) is 60.7 Å². The SMILES string of the molecule is O=C(CCSc1ccc2c(/C=C/c3ccccn3)n[nH]c2c1)NCc1ccccc1. The molecule has 0 fully saturated rings. The number of pyridine rings is 1. The third kappa shape index (κ3) is 5.36. The molecule has 2 heterocycles. The summed E-state index contributed by atoms with van der Waals surface area (Å²) in [5.41, 5.74) is 3.86. The van der Waals surface area contributed by atoms with E-state index in [9.17, 15) is 4.79 Å². The van der Waals surface area contributed by atoms with Gasteiger partial charge in [-0.1, -0.05) is 36.4 Å². The van der Waals surface area contributed by atoms with Crippen molar-refractivity contribution in [2.75, 3.05) is 5.75 Å². The number of nitrogens with one attached hydrogen (secondary N) is 2. The summed E-state index contributed by atoms with van der Waals surface area (Å²) in [4.78, 5) is 17.5. The Hall–Kier alpha value is -3.38. The molecule has 0 aliphatic carbocycles. The zero-order valence-electron chi connectivity index (χ0n) is 16.4. The van der Waals surface area contributed by atoms with Gasteiger partial charge in [-0.3, -0.25) is 14.9 Å². The van der Waals surface area contributed by atoms with Crippen LogP contribution >= 0.6 is 11.8 Å². The van der Waals surface area contributed by atoms with Crippen molar-refractivity contribution in [3.63, 3.8) is 0 Å². The van der Waals surface area contributed by atoms with Crippen LogP contribution in [0.4, 0.5) is 0 Å². The number of H-pyrrole nitrogens is 1. The molecule has 30 heavy (non-hydrogen) atoms. The molecule has 0 saturated heterocycles. The lowest BCUT2D eigenvalue weighted by molar-refractivity contribution is -0.120. The quantitative estimate of drug-likeness (QED) is 0.401. The number of nitrogens with zero attached hydrogens (tertiary/aromatic N) is 2. The molecule has 0 aliphatic rings. The highest BCUT2D eigenvalue weighted by atomic mass is 32.2. The first kappa shape index (κ1) is 19.9. The maximum atomic E-state index is 12.1. The lowest BCUT2D eigenvalue weighted by atomic mass is 10.2. The number of aromatic amines is 1. The van der Waals surface area contributed by atoms with Crippen molar-refractivity contribution in [3.05, 3.63) is 89.9 Å². The number of benzene rings is 2. The maximum Gasteiger partial charge on any atom is 0.221 e. The minimum absolute atomic E-state index is 0.0657. The molecule has 0 saturated carbocycles. The lowest BCUT2D eigenvalue weighted by Gasteiger charge is -2.05. The van der Waals surface area contributed by atoms with Gasteiger partial charge in [0, 0.05) is 35.2 Å². The standard InChI is InChI=1S/C24H22N4OS/c29-24(26-17-18-6-2-1-3-7-18)13-15-30-20-10-11-21-22(27-28-23(21)16-20)12-9-19-8-4-5-14-25-19/h1-12,14,16H,13,15,17H2,(H,26,29)(H,27,28)/b12-9+. The van der Waals surface area contributed by atoms with Crippen LogP contribution in [0.15, 0.2) is 77.8 Å². The highest BCUT2D eigenvalue weighted by Gasteiger charge is 2.06. The number of carbonyl (C=O) groups is 1. The van der Waals surface area contributed by atoms with Gasteiger partial charge in [-0.05, 0) is 48.0 Å².